The molecule has 0 aliphatic heterocycles. The lowest BCUT2D eigenvalue weighted by Gasteiger charge is -2.00. The van der Waals surface area contributed by atoms with Gasteiger partial charge in [0.15, 0.2) is 0 Å². The van der Waals surface area contributed by atoms with Crippen molar-refractivity contribution in [3.8, 4) is 0 Å². The molecule has 1 nitrogen and oxygen atoms in total. The summed E-state index contributed by atoms with van der Waals surface area (Å²) in [6.45, 7) is 1.56. The lowest BCUT2D eigenvalue weighted by atomic mass is 10.1. The predicted molar refractivity (Wildman–Crippen MR) is 50.8 cm³/mol. The third kappa shape index (κ3) is 2.49. The molecule has 0 unspecified atom stereocenters. The number of aryl methyl sites for hydroxylation is 1. The SMILES string of the molecule is Cc1cc(C=CCC=O)c(F)cc1F. The molecule has 0 saturated heterocycles. The second-order valence-electron chi connectivity index (χ2n) is 2.93. The number of halogens is 2. The molecular formula is C11H10F2O. The number of benzene rings is 1. The number of allylic oxidation sites excluding steroid dienone is 1. The molecule has 0 saturated carbocycles. The van der Waals surface area contributed by atoms with Crippen LogP contribution in [0.25, 0.3) is 6.08 Å². The van der Waals surface area contributed by atoms with Crippen molar-refractivity contribution in [1.82, 2.24) is 0 Å². The van der Waals surface area contributed by atoms with Gasteiger partial charge in [0, 0.05) is 18.1 Å². The van der Waals surface area contributed by atoms with Crippen molar-refractivity contribution in [3.63, 3.8) is 0 Å². The highest BCUT2D eigenvalue weighted by atomic mass is 19.1. The van der Waals surface area contributed by atoms with Gasteiger partial charge >= 0.3 is 0 Å². The Labute approximate surface area is 81.1 Å². The Morgan fingerprint density at radius 1 is 1.29 bits per heavy atom. The zero-order valence-corrected chi connectivity index (χ0v) is 7.76. The van der Waals surface area contributed by atoms with Crippen LogP contribution in [-0.4, -0.2) is 6.29 Å². The van der Waals surface area contributed by atoms with Crippen molar-refractivity contribution in [2.45, 2.75) is 13.3 Å². The summed E-state index contributed by atoms with van der Waals surface area (Å²) >= 11 is 0. The zero-order valence-electron chi connectivity index (χ0n) is 7.76. The fourth-order valence-corrected chi connectivity index (χ4v) is 1.06. The number of carbonyl (C=O) groups is 1. The van der Waals surface area contributed by atoms with Crippen LogP contribution in [0.1, 0.15) is 17.5 Å². The topological polar surface area (TPSA) is 17.1 Å². The average molecular weight is 196 g/mol. The summed E-state index contributed by atoms with van der Waals surface area (Å²) in [6, 6.07) is 2.25. The number of carbonyl (C=O) groups excluding carboxylic acids is 1. The van der Waals surface area contributed by atoms with E-state index in [1.54, 1.807) is 6.92 Å². The molecule has 1 aromatic rings. The number of aldehydes is 1. The van der Waals surface area contributed by atoms with Gasteiger partial charge in [-0.15, -0.1) is 0 Å². The van der Waals surface area contributed by atoms with Crippen molar-refractivity contribution in [2.24, 2.45) is 0 Å². The molecule has 0 fully saturated rings. The van der Waals surface area contributed by atoms with Gasteiger partial charge in [-0.3, -0.25) is 0 Å². The first kappa shape index (κ1) is 10.6. The highest BCUT2D eigenvalue weighted by Gasteiger charge is 2.03. The fraction of sp³-hybridized carbons (Fsp3) is 0.182. The Morgan fingerprint density at radius 2 is 2.00 bits per heavy atom. The zero-order chi connectivity index (χ0) is 10.6. The molecule has 0 amide bonds. The van der Waals surface area contributed by atoms with E-state index < -0.39 is 11.6 Å². The van der Waals surface area contributed by atoms with Gasteiger partial charge in [0.25, 0.3) is 0 Å². The molecule has 0 aliphatic carbocycles. The Bertz CT molecular complexity index is 370. The quantitative estimate of drug-likeness (QED) is 0.679. The minimum absolute atomic E-state index is 0.232. The molecule has 0 bridgehead atoms. The molecule has 1 rings (SSSR count). The van der Waals surface area contributed by atoms with Crippen LogP contribution < -0.4 is 0 Å². The van der Waals surface area contributed by atoms with Crippen LogP contribution in [0.2, 0.25) is 0 Å². The second kappa shape index (κ2) is 4.65. The molecule has 0 N–H and O–H groups in total. The van der Waals surface area contributed by atoms with Crippen LogP contribution in [0, 0.1) is 18.6 Å². The molecule has 0 aliphatic rings. The van der Waals surface area contributed by atoms with E-state index in [1.165, 1.54) is 18.2 Å². The van der Waals surface area contributed by atoms with E-state index in [0.717, 1.165) is 6.07 Å². The summed E-state index contributed by atoms with van der Waals surface area (Å²) in [4.78, 5) is 10.00. The van der Waals surface area contributed by atoms with Crippen molar-refractivity contribution < 1.29 is 13.6 Å². The first-order valence-electron chi connectivity index (χ1n) is 4.21. The van der Waals surface area contributed by atoms with Gasteiger partial charge in [-0.25, -0.2) is 8.78 Å². The third-order valence-electron chi connectivity index (χ3n) is 1.81. The van der Waals surface area contributed by atoms with Crippen LogP contribution in [0.15, 0.2) is 18.2 Å². The van der Waals surface area contributed by atoms with Crippen molar-refractivity contribution in [2.75, 3.05) is 0 Å². The van der Waals surface area contributed by atoms with Crippen molar-refractivity contribution >= 4 is 12.4 Å². The summed E-state index contributed by atoms with van der Waals surface area (Å²) in [5.74, 6) is -1.18. The van der Waals surface area contributed by atoms with Crippen molar-refractivity contribution in [3.05, 3.63) is 41.0 Å². The van der Waals surface area contributed by atoms with Gasteiger partial charge in [-0.2, -0.15) is 0 Å². The van der Waals surface area contributed by atoms with E-state index in [-0.39, 0.29) is 6.42 Å². The molecule has 0 atom stereocenters. The first-order chi connectivity index (χ1) is 6.65. The maximum Gasteiger partial charge on any atom is 0.133 e. The molecule has 0 radical (unpaired) electrons. The van der Waals surface area contributed by atoms with E-state index in [2.05, 4.69) is 0 Å². The maximum atomic E-state index is 13.1. The van der Waals surface area contributed by atoms with Gasteiger partial charge in [-0.05, 0) is 18.6 Å². The Hall–Kier alpha value is -1.51. The van der Waals surface area contributed by atoms with E-state index in [9.17, 15) is 13.6 Å². The van der Waals surface area contributed by atoms with Crippen LogP contribution in [0.4, 0.5) is 8.78 Å². The molecule has 74 valence electrons. The number of hydrogen-bond donors (Lipinski definition) is 0. The van der Waals surface area contributed by atoms with E-state index >= 15 is 0 Å². The lowest BCUT2D eigenvalue weighted by molar-refractivity contribution is -0.107. The highest BCUT2D eigenvalue weighted by Crippen LogP contribution is 2.15. The number of hydrogen-bond acceptors (Lipinski definition) is 1. The minimum atomic E-state index is -0.616. The fourth-order valence-electron chi connectivity index (χ4n) is 1.06. The van der Waals surface area contributed by atoms with Gasteiger partial charge in [0.05, 0.1) is 0 Å². The summed E-state index contributed by atoms with van der Waals surface area (Å²) in [6.07, 6.45) is 3.94. The van der Waals surface area contributed by atoms with E-state index in [1.807, 2.05) is 0 Å². The van der Waals surface area contributed by atoms with Gasteiger partial charge in [-0.1, -0.05) is 12.2 Å². The second-order valence-corrected chi connectivity index (χ2v) is 2.93. The molecule has 0 spiro atoms. The minimum Gasteiger partial charge on any atom is -0.303 e. The van der Waals surface area contributed by atoms with Gasteiger partial charge < -0.3 is 4.79 Å². The van der Waals surface area contributed by atoms with E-state index in [0.29, 0.717) is 17.4 Å². The molecule has 3 heteroatoms. The lowest BCUT2D eigenvalue weighted by Crippen LogP contribution is -1.89. The van der Waals surface area contributed by atoms with Crippen LogP contribution in [0.5, 0.6) is 0 Å². The Morgan fingerprint density at radius 3 is 2.64 bits per heavy atom. The molecule has 14 heavy (non-hydrogen) atoms. The molecule has 0 aromatic heterocycles. The Kier molecular flexibility index (Phi) is 3.51. The summed E-state index contributed by atoms with van der Waals surface area (Å²) in [7, 11) is 0. The highest BCUT2D eigenvalue weighted by molar-refractivity contribution is 5.58. The summed E-state index contributed by atoms with van der Waals surface area (Å²) in [5.41, 5.74) is 0.683. The monoisotopic (exact) mass is 196 g/mol. The third-order valence-corrected chi connectivity index (χ3v) is 1.81. The largest absolute Gasteiger partial charge is 0.303 e. The van der Waals surface area contributed by atoms with E-state index in [4.69, 9.17) is 0 Å². The van der Waals surface area contributed by atoms with Crippen LogP contribution in [-0.2, 0) is 4.79 Å². The normalized spacial score (nSPS) is 10.8. The molecular weight excluding hydrogens is 186 g/mol. The van der Waals surface area contributed by atoms with Crippen LogP contribution in [0.3, 0.4) is 0 Å². The molecule has 1 aromatic carbocycles. The van der Waals surface area contributed by atoms with Gasteiger partial charge in [0.1, 0.15) is 17.9 Å². The molecule has 0 heterocycles. The first-order valence-corrected chi connectivity index (χ1v) is 4.21. The maximum absolute atomic E-state index is 13.1. The van der Waals surface area contributed by atoms with Crippen molar-refractivity contribution in [1.29, 1.82) is 0 Å². The average Bonchev–Trinajstić information content (AvgIpc) is 2.14. The summed E-state index contributed by atoms with van der Waals surface area (Å²) in [5, 5.41) is 0. The smallest absolute Gasteiger partial charge is 0.133 e. The number of rotatable bonds is 3. The van der Waals surface area contributed by atoms with Crippen LogP contribution >= 0.6 is 0 Å². The standard InChI is InChI=1S/C11H10F2O/c1-8-6-9(4-2-3-5-14)11(13)7-10(8)12/h2,4-7H,3H2,1H3. The predicted octanol–water partition coefficient (Wildman–Crippen LogP) is 2.88. The summed E-state index contributed by atoms with van der Waals surface area (Å²) < 4.78 is 25.9. The Balaban J connectivity index is 2.97. The van der Waals surface area contributed by atoms with Gasteiger partial charge in [0.2, 0.25) is 0 Å².